The molecule has 2 aromatic heterocycles. The number of hydrogen-bond donors (Lipinski definition) is 1. The van der Waals surface area contributed by atoms with E-state index in [0.717, 1.165) is 5.69 Å². The highest BCUT2D eigenvalue weighted by Crippen LogP contribution is 2.21. The Bertz CT molecular complexity index is 535. The number of rotatable bonds is 5. The van der Waals surface area contributed by atoms with Crippen LogP contribution < -0.4 is 5.32 Å². The van der Waals surface area contributed by atoms with Gasteiger partial charge in [-0.3, -0.25) is 0 Å². The number of aryl methyl sites for hydroxylation is 1. The van der Waals surface area contributed by atoms with Gasteiger partial charge < -0.3 is 14.6 Å². The minimum absolute atomic E-state index is 0.304. The van der Waals surface area contributed by atoms with Gasteiger partial charge in [0.15, 0.2) is 11.5 Å². The fourth-order valence-corrected chi connectivity index (χ4v) is 2.05. The van der Waals surface area contributed by atoms with Crippen molar-refractivity contribution in [3.05, 3.63) is 28.7 Å². The average molecular weight is 267 g/mol. The minimum Gasteiger partial charge on any atom is -0.461 e. The highest BCUT2D eigenvalue weighted by Gasteiger charge is 2.16. The van der Waals surface area contributed by atoms with Gasteiger partial charge in [-0.1, -0.05) is 5.16 Å². The Morgan fingerprint density at radius 3 is 3.11 bits per heavy atom. The van der Waals surface area contributed by atoms with Crippen LogP contribution in [-0.4, -0.2) is 22.7 Å². The maximum Gasteiger partial charge on any atom is 0.360 e. The van der Waals surface area contributed by atoms with Crippen molar-refractivity contribution in [3.8, 4) is 0 Å². The largest absolute Gasteiger partial charge is 0.461 e. The van der Waals surface area contributed by atoms with Crippen LogP contribution in [0.15, 0.2) is 16.1 Å². The summed E-state index contributed by atoms with van der Waals surface area (Å²) in [5.41, 5.74) is 2.72. The Kier molecular flexibility index (Phi) is 3.93. The molecule has 2 heterocycles. The Balaban J connectivity index is 2.01. The number of hydrogen-bond acceptors (Lipinski definition) is 7. The van der Waals surface area contributed by atoms with Crippen molar-refractivity contribution in [3.63, 3.8) is 0 Å². The van der Waals surface area contributed by atoms with Crippen LogP contribution in [0.2, 0.25) is 0 Å². The van der Waals surface area contributed by atoms with Crippen molar-refractivity contribution >= 4 is 22.3 Å². The van der Waals surface area contributed by atoms with Crippen LogP contribution in [-0.2, 0) is 11.3 Å². The molecule has 2 aromatic rings. The van der Waals surface area contributed by atoms with E-state index in [1.54, 1.807) is 12.4 Å². The standard InChI is InChI=1S/C11H13N3O3S/c1-3-16-11(15)9-10(18-6-13-9)12-5-8-4-7(2)14-17-8/h4,6,12H,3,5H2,1-2H3. The van der Waals surface area contributed by atoms with Crippen LogP contribution in [0.4, 0.5) is 5.00 Å². The predicted octanol–water partition coefficient (Wildman–Crippen LogP) is 2.23. The number of nitrogens with zero attached hydrogens (tertiary/aromatic N) is 2. The second-order valence-electron chi connectivity index (χ2n) is 3.54. The Morgan fingerprint density at radius 1 is 1.61 bits per heavy atom. The Hall–Kier alpha value is -1.89. The quantitative estimate of drug-likeness (QED) is 0.837. The first-order valence-corrected chi connectivity index (χ1v) is 6.35. The van der Waals surface area contributed by atoms with Crippen molar-refractivity contribution in [2.75, 3.05) is 11.9 Å². The molecule has 0 saturated carbocycles. The van der Waals surface area contributed by atoms with E-state index in [0.29, 0.717) is 29.6 Å². The number of aromatic nitrogens is 2. The van der Waals surface area contributed by atoms with Gasteiger partial charge in [-0.2, -0.15) is 0 Å². The molecular formula is C11H13N3O3S. The summed E-state index contributed by atoms with van der Waals surface area (Å²) in [7, 11) is 0. The number of nitrogens with one attached hydrogen (secondary N) is 1. The lowest BCUT2D eigenvalue weighted by Crippen LogP contribution is -2.08. The molecule has 0 aliphatic heterocycles. The monoisotopic (exact) mass is 267 g/mol. The summed E-state index contributed by atoms with van der Waals surface area (Å²) in [4.78, 5) is 15.6. The molecule has 0 radical (unpaired) electrons. The summed E-state index contributed by atoms with van der Waals surface area (Å²) in [5.74, 6) is 0.283. The van der Waals surface area contributed by atoms with Gasteiger partial charge in [-0.25, -0.2) is 9.78 Å². The lowest BCUT2D eigenvalue weighted by Gasteiger charge is -2.03. The predicted molar refractivity (Wildman–Crippen MR) is 66.6 cm³/mol. The van der Waals surface area contributed by atoms with Crippen molar-refractivity contribution in [1.82, 2.24) is 10.1 Å². The van der Waals surface area contributed by atoms with Gasteiger partial charge in [0, 0.05) is 6.07 Å². The third-order valence-corrected chi connectivity index (χ3v) is 2.92. The first-order valence-electron chi connectivity index (χ1n) is 5.47. The maximum atomic E-state index is 11.6. The molecule has 0 aliphatic rings. The molecule has 18 heavy (non-hydrogen) atoms. The van der Waals surface area contributed by atoms with Crippen LogP contribution in [0.1, 0.15) is 28.9 Å². The summed E-state index contributed by atoms with van der Waals surface area (Å²) in [5, 5.41) is 7.54. The smallest absolute Gasteiger partial charge is 0.360 e. The number of thiazole rings is 1. The number of ether oxygens (including phenoxy) is 1. The zero-order chi connectivity index (χ0) is 13.0. The van der Waals surface area contributed by atoms with Crippen LogP contribution >= 0.6 is 11.3 Å². The molecule has 0 fully saturated rings. The van der Waals surface area contributed by atoms with E-state index < -0.39 is 5.97 Å². The van der Waals surface area contributed by atoms with E-state index >= 15 is 0 Å². The van der Waals surface area contributed by atoms with E-state index in [4.69, 9.17) is 9.26 Å². The van der Waals surface area contributed by atoms with Gasteiger partial charge >= 0.3 is 5.97 Å². The van der Waals surface area contributed by atoms with Gasteiger partial charge in [0.2, 0.25) is 0 Å². The fraction of sp³-hybridized carbons (Fsp3) is 0.364. The SMILES string of the molecule is CCOC(=O)c1ncsc1NCc1cc(C)no1. The Labute approximate surface area is 108 Å². The van der Waals surface area contributed by atoms with Crippen molar-refractivity contribution < 1.29 is 14.1 Å². The first kappa shape index (κ1) is 12.6. The lowest BCUT2D eigenvalue weighted by atomic mass is 10.4. The molecule has 1 N–H and O–H groups in total. The topological polar surface area (TPSA) is 77.2 Å². The molecule has 2 rings (SSSR count). The van der Waals surface area contributed by atoms with Gasteiger partial charge in [0.05, 0.1) is 24.4 Å². The van der Waals surface area contributed by atoms with Crippen LogP contribution in [0.25, 0.3) is 0 Å². The second-order valence-corrected chi connectivity index (χ2v) is 4.39. The zero-order valence-electron chi connectivity index (χ0n) is 10.1. The van der Waals surface area contributed by atoms with Gasteiger partial charge in [-0.05, 0) is 13.8 Å². The molecule has 0 amide bonds. The molecule has 96 valence electrons. The van der Waals surface area contributed by atoms with E-state index in [1.165, 1.54) is 11.3 Å². The molecule has 0 saturated heterocycles. The average Bonchev–Trinajstić information content (AvgIpc) is 2.95. The second kappa shape index (κ2) is 5.63. The molecule has 0 aromatic carbocycles. The molecule has 0 spiro atoms. The minimum atomic E-state index is -0.421. The fourth-order valence-electron chi connectivity index (χ4n) is 1.38. The lowest BCUT2D eigenvalue weighted by molar-refractivity contribution is 0.0521. The third kappa shape index (κ3) is 2.86. The molecule has 6 nitrogen and oxygen atoms in total. The van der Waals surface area contributed by atoms with Gasteiger partial charge in [0.25, 0.3) is 0 Å². The maximum absolute atomic E-state index is 11.6. The van der Waals surface area contributed by atoms with Gasteiger partial charge in [-0.15, -0.1) is 11.3 Å². The summed E-state index contributed by atoms with van der Waals surface area (Å²) >= 11 is 1.34. The summed E-state index contributed by atoms with van der Waals surface area (Å²) < 4.78 is 9.98. The van der Waals surface area contributed by atoms with Crippen molar-refractivity contribution in [2.45, 2.75) is 20.4 Å². The van der Waals surface area contributed by atoms with E-state index in [1.807, 2.05) is 13.0 Å². The molecule has 0 bridgehead atoms. The van der Waals surface area contributed by atoms with Crippen LogP contribution in [0.3, 0.4) is 0 Å². The summed E-state index contributed by atoms with van der Waals surface area (Å²) in [6.45, 7) is 4.39. The first-order chi connectivity index (χ1) is 8.70. The molecule has 7 heteroatoms. The third-order valence-electron chi connectivity index (χ3n) is 2.14. The van der Waals surface area contributed by atoms with E-state index in [-0.39, 0.29) is 0 Å². The number of carbonyl (C=O) groups is 1. The van der Waals surface area contributed by atoms with E-state index in [2.05, 4.69) is 15.5 Å². The molecule has 0 atom stereocenters. The summed E-state index contributed by atoms with van der Waals surface area (Å²) in [6, 6.07) is 1.83. The highest BCUT2D eigenvalue weighted by molar-refractivity contribution is 7.14. The number of esters is 1. The molecular weight excluding hydrogens is 254 g/mol. The van der Waals surface area contributed by atoms with E-state index in [9.17, 15) is 4.79 Å². The van der Waals surface area contributed by atoms with Crippen molar-refractivity contribution in [2.24, 2.45) is 0 Å². The van der Waals surface area contributed by atoms with Gasteiger partial charge in [0.1, 0.15) is 5.00 Å². The summed E-state index contributed by atoms with van der Waals surface area (Å²) in [6.07, 6.45) is 0. The number of carbonyl (C=O) groups excluding carboxylic acids is 1. The highest BCUT2D eigenvalue weighted by atomic mass is 32.1. The molecule has 0 unspecified atom stereocenters. The van der Waals surface area contributed by atoms with Crippen molar-refractivity contribution in [1.29, 1.82) is 0 Å². The van der Waals surface area contributed by atoms with Crippen LogP contribution in [0.5, 0.6) is 0 Å². The number of anilines is 1. The molecule has 0 aliphatic carbocycles. The normalized spacial score (nSPS) is 10.3. The van der Waals surface area contributed by atoms with Crippen LogP contribution in [0, 0.1) is 6.92 Å². The zero-order valence-corrected chi connectivity index (χ0v) is 10.9. The Morgan fingerprint density at radius 2 is 2.44 bits per heavy atom.